The summed E-state index contributed by atoms with van der Waals surface area (Å²) in [7, 11) is 0. The lowest BCUT2D eigenvalue weighted by Crippen LogP contribution is -2.63. The third kappa shape index (κ3) is 3.51. The topological polar surface area (TPSA) is 144 Å². The molecule has 18 heavy (non-hydrogen) atoms. The summed E-state index contributed by atoms with van der Waals surface area (Å²) in [6.45, 7) is 3.27. The van der Waals surface area contributed by atoms with Crippen molar-refractivity contribution < 1.29 is 24.6 Å². The second kappa shape index (κ2) is 6.46. The maximum atomic E-state index is 12.0. The number of rotatable bonds is 8. The zero-order chi connectivity index (χ0) is 14.5. The summed E-state index contributed by atoms with van der Waals surface area (Å²) >= 11 is 0. The van der Waals surface area contributed by atoms with Crippen LogP contribution in [0, 0.1) is 5.92 Å². The number of ketones is 1. The zero-order valence-electron chi connectivity index (χ0n) is 10.5. The Morgan fingerprint density at radius 2 is 1.78 bits per heavy atom. The van der Waals surface area contributed by atoms with Gasteiger partial charge in [0.15, 0.2) is 11.3 Å². The highest BCUT2D eigenvalue weighted by atomic mass is 16.4. The third-order valence-corrected chi connectivity index (χ3v) is 3.16. The first kappa shape index (κ1) is 16.5. The molecule has 3 unspecified atom stereocenters. The molecule has 0 fully saturated rings. The number of aliphatic carboxylic acids is 2. The fraction of sp³-hybridized carbons (Fsp3) is 0.727. The van der Waals surface area contributed by atoms with Crippen LogP contribution >= 0.6 is 0 Å². The van der Waals surface area contributed by atoms with Gasteiger partial charge in [-0.05, 0) is 12.3 Å². The highest BCUT2D eigenvalue weighted by Gasteiger charge is 2.48. The van der Waals surface area contributed by atoms with Crippen LogP contribution in [-0.2, 0) is 14.4 Å². The fourth-order valence-electron chi connectivity index (χ4n) is 1.60. The van der Waals surface area contributed by atoms with Crippen molar-refractivity contribution in [3.05, 3.63) is 0 Å². The second-order valence-corrected chi connectivity index (χ2v) is 4.39. The maximum Gasteiger partial charge on any atom is 0.331 e. The van der Waals surface area contributed by atoms with Gasteiger partial charge in [0, 0.05) is 6.42 Å². The van der Waals surface area contributed by atoms with E-state index in [1.807, 2.05) is 0 Å². The minimum atomic E-state index is -2.06. The zero-order valence-corrected chi connectivity index (χ0v) is 10.5. The summed E-state index contributed by atoms with van der Waals surface area (Å²) < 4.78 is 0. The molecule has 6 N–H and O–H groups in total. The molecular formula is C11H20N2O5. The van der Waals surface area contributed by atoms with E-state index in [9.17, 15) is 14.4 Å². The maximum absolute atomic E-state index is 12.0. The number of carboxylic acid groups (broad SMARTS) is 2. The van der Waals surface area contributed by atoms with Crippen LogP contribution in [0.5, 0.6) is 0 Å². The second-order valence-electron chi connectivity index (χ2n) is 4.39. The van der Waals surface area contributed by atoms with Gasteiger partial charge in [-0.15, -0.1) is 0 Å². The first-order valence-electron chi connectivity index (χ1n) is 5.71. The van der Waals surface area contributed by atoms with Crippen molar-refractivity contribution in [1.29, 1.82) is 0 Å². The van der Waals surface area contributed by atoms with E-state index in [0.717, 1.165) is 0 Å². The normalized spacial score (nSPS) is 17.6. The molecule has 7 heteroatoms. The van der Waals surface area contributed by atoms with Gasteiger partial charge in [-0.1, -0.05) is 20.3 Å². The molecule has 0 aromatic heterocycles. The van der Waals surface area contributed by atoms with E-state index < -0.39 is 35.2 Å². The Balaban J connectivity index is 4.98. The van der Waals surface area contributed by atoms with Crippen molar-refractivity contribution in [2.24, 2.45) is 17.4 Å². The molecule has 0 heterocycles. The molecule has 0 aromatic rings. The molecule has 104 valence electrons. The molecule has 0 bridgehead atoms. The SMILES string of the molecule is CCC(C)C(N)(C(=O)O)C(=O)C(N)CCC(=O)O. The van der Waals surface area contributed by atoms with Crippen molar-refractivity contribution in [3.8, 4) is 0 Å². The Kier molecular flexibility index (Phi) is 5.93. The van der Waals surface area contributed by atoms with Crippen molar-refractivity contribution in [3.63, 3.8) is 0 Å². The van der Waals surface area contributed by atoms with Gasteiger partial charge in [-0.2, -0.15) is 0 Å². The molecular weight excluding hydrogens is 240 g/mol. The average Bonchev–Trinajstić information content (AvgIpc) is 2.32. The minimum Gasteiger partial charge on any atom is -0.481 e. The van der Waals surface area contributed by atoms with Gasteiger partial charge in [0.2, 0.25) is 0 Å². The lowest BCUT2D eigenvalue weighted by Gasteiger charge is -2.31. The van der Waals surface area contributed by atoms with Crippen LogP contribution in [0.4, 0.5) is 0 Å². The van der Waals surface area contributed by atoms with E-state index in [0.29, 0.717) is 6.42 Å². The Hall–Kier alpha value is -1.47. The van der Waals surface area contributed by atoms with Gasteiger partial charge >= 0.3 is 11.9 Å². The first-order chi connectivity index (χ1) is 8.17. The summed E-state index contributed by atoms with van der Waals surface area (Å²) in [6.07, 6.45) is -0.0276. The molecule has 0 aliphatic rings. The number of nitrogens with two attached hydrogens (primary N) is 2. The molecule has 7 nitrogen and oxygen atoms in total. The largest absolute Gasteiger partial charge is 0.481 e. The van der Waals surface area contributed by atoms with Gasteiger partial charge in [0.25, 0.3) is 0 Å². The molecule has 0 aromatic carbocycles. The van der Waals surface area contributed by atoms with Crippen LogP contribution in [0.2, 0.25) is 0 Å². The molecule has 0 aliphatic carbocycles. The number of hydrogen-bond acceptors (Lipinski definition) is 5. The first-order valence-corrected chi connectivity index (χ1v) is 5.71. The Labute approximate surface area is 105 Å². The predicted octanol–water partition coefficient (Wildman–Crippen LogP) is -0.424. The predicted molar refractivity (Wildman–Crippen MR) is 63.9 cm³/mol. The summed E-state index contributed by atoms with van der Waals surface area (Å²) in [5.41, 5.74) is 9.13. The number of hydrogen-bond donors (Lipinski definition) is 4. The van der Waals surface area contributed by atoms with Crippen molar-refractivity contribution in [1.82, 2.24) is 0 Å². The summed E-state index contributed by atoms with van der Waals surface area (Å²) in [5, 5.41) is 17.6. The lowest BCUT2D eigenvalue weighted by atomic mass is 9.77. The van der Waals surface area contributed by atoms with Crippen molar-refractivity contribution in [2.45, 2.75) is 44.7 Å². The van der Waals surface area contributed by atoms with E-state index in [1.54, 1.807) is 13.8 Å². The standard InChI is InChI=1S/C11H20N2O5/c1-3-6(2)11(13,10(17)18)9(16)7(12)4-5-8(14)15/h6-7H,3-5,12-13H2,1-2H3,(H,14,15)(H,17,18). The average molecular weight is 260 g/mol. The smallest absolute Gasteiger partial charge is 0.331 e. The van der Waals surface area contributed by atoms with E-state index in [2.05, 4.69) is 0 Å². The van der Waals surface area contributed by atoms with E-state index in [1.165, 1.54) is 0 Å². The monoisotopic (exact) mass is 260 g/mol. The molecule has 0 amide bonds. The van der Waals surface area contributed by atoms with Crippen molar-refractivity contribution >= 4 is 17.7 Å². The van der Waals surface area contributed by atoms with E-state index in [4.69, 9.17) is 21.7 Å². The Bertz CT molecular complexity index is 344. The van der Waals surface area contributed by atoms with Gasteiger partial charge in [0.05, 0.1) is 6.04 Å². The van der Waals surface area contributed by atoms with E-state index >= 15 is 0 Å². The summed E-state index contributed by atoms with van der Waals surface area (Å²) in [5.74, 6) is -3.95. The Morgan fingerprint density at radius 1 is 1.28 bits per heavy atom. The van der Waals surface area contributed by atoms with Crippen LogP contribution < -0.4 is 11.5 Å². The fourth-order valence-corrected chi connectivity index (χ4v) is 1.60. The van der Waals surface area contributed by atoms with Gasteiger partial charge in [-0.25, -0.2) is 4.79 Å². The van der Waals surface area contributed by atoms with Gasteiger partial charge < -0.3 is 21.7 Å². The van der Waals surface area contributed by atoms with Crippen LogP contribution in [0.25, 0.3) is 0 Å². The molecule has 0 rings (SSSR count). The molecule has 0 radical (unpaired) electrons. The lowest BCUT2D eigenvalue weighted by molar-refractivity contribution is -0.151. The van der Waals surface area contributed by atoms with Crippen LogP contribution in [0.3, 0.4) is 0 Å². The third-order valence-electron chi connectivity index (χ3n) is 3.16. The van der Waals surface area contributed by atoms with Crippen LogP contribution in [0.15, 0.2) is 0 Å². The number of carbonyl (C=O) groups is 3. The van der Waals surface area contributed by atoms with Crippen LogP contribution in [0.1, 0.15) is 33.1 Å². The highest BCUT2D eigenvalue weighted by Crippen LogP contribution is 2.21. The van der Waals surface area contributed by atoms with Gasteiger partial charge in [0.1, 0.15) is 0 Å². The quantitative estimate of drug-likeness (QED) is 0.433. The van der Waals surface area contributed by atoms with E-state index in [-0.39, 0.29) is 12.8 Å². The summed E-state index contributed by atoms with van der Waals surface area (Å²) in [4.78, 5) is 33.6. The molecule has 0 aliphatic heterocycles. The number of carboxylic acids is 2. The molecule has 0 saturated heterocycles. The molecule has 0 spiro atoms. The van der Waals surface area contributed by atoms with Crippen LogP contribution in [-0.4, -0.2) is 39.5 Å². The Morgan fingerprint density at radius 3 is 2.11 bits per heavy atom. The summed E-state index contributed by atoms with van der Waals surface area (Å²) in [6, 6.07) is -1.18. The number of carbonyl (C=O) groups excluding carboxylic acids is 1. The van der Waals surface area contributed by atoms with Crippen molar-refractivity contribution in [2.75, 3.05) is 0 Å². The molecule has 3 atom stereocenters. The molecule has 0 saturated carbocycles. The minimum absolute atomic E-state index is 0.128. The van der Waals surface area contributed by atoms with Gasteiger partial charge in [-0.3, -0.25) is 9.59 Å². The number of Topliss-reactive ketones (excluding diaryl/α,β-unsaturated/α-hetero) is 1. The highest BCUT2D eigenvalue weighted by molar-refractivity contribution is 6.10.